The van der Waals surface area contributed by atoms with Crippen molar-refractivity contribution in [2.24, 2.45) is 35.5 Å². The number of nitrogens with two attached hydrogens (primary N) is 1. The van der Waals surface area contributed by atoms with Crippen LogP contribution in [0.5, 0.6) is 5.75 Å². The molecule has 686 valence electrons. The zero-order chi connectivity index (χ0) is 89.2. The van der Waals surface area contributed by atoms with Gasteiger partial charge in [0, 0.05) is 108 Å². The van der Waals surface area contributed by atoms with Crippen LogP contribution >= 0.6 is 0 Å². The standard InChI is InChI=1S/C89H133N13O22/c1-11-121-73-52-74(123-87(111)71-21-15-17-33-100(71)86(110)83(109)89(113)62(8)22-25-67(124-89)51-72(114-9)57(3)20-14-12-13-19-56(2)45-60(6)80(106)82(108)81(107)61(7)46-58(73)4)59(5)47-63-23-27-70(75(48-63)115-10)102-53-65(97-99-102)54-122-88(112)93-32-38-119-42-44-120-43-40-117-36-29-77(105)92-31-37-118-41-39-116-35-28-76(104)91-30-16-18-34-101-85-78(84(90)94-55-95-85)79(98-101)69-50-64-49-66(103)24-26-68(64)96-69/h12-14,19-20,24,26,46,49-50,53,55-56,58-60,62-63,67,70-75,81-82,96,103,107-108,113H,11,15-18,21-23,25,27-45,47-48,51-52,54H2,1-10H3,(H,91,104)(H,92,105)(H,93,112)(H2,90,94,95)/b14-12+,19-13+,57-20+,61-46+/t56-,58-,59-,60-,62-,63+,67+,70+,71+,72+,73-,74+,75-,81-,82+,89-/m1/s1. The number of nitrogens with zero attached hydrogens (tertiary/aromatic N) is 8. The predicted molar refractivity (Wildman–Crippen MR) is 459 cm³/mol. The molecule has 16 atom stereocenters. The number of carbonyl (C=O) groups is 7. The topological polar surface area (TPSA) is 457 Å². The number of cyclic esters (lactones) is 1. The fourth-order valence-electron chi connectivity index (χ4n) is 16.6. The van der Waals surface area contributed by atoms with Crippen molar-refractivity contribution in [1.82, 2.24) is 60.6 Å². The second-order valence-corrected chi connectivity index (χ2v) is 33.2. The van der Waals surface area contributed by atoms with Gasteiger partial charge in [-0.05, 0) is 151 Å². The lowest BCUT2D eigenvalue weighted by Crippen LogP contribution is -2.61. The number of benzene rings is 1. The first-order valence-corrected chi connectivity index (χ1v) is 44.0. The van der Waals surface area contributed by atoms with E-state index in [-0.39, 0.29) is 146 Å². The summed E-state index contributed by atoms with van der Waals surface area (Å²) in [6.45, 7) is 19.1. The molecular formula is C89H133N13O22. The number of aliphatic hydroxyl groups excluding tert-OH is 2. The third-order valence-electron chi connectivity index (χ3n) is 23.7. The Bertz CT molecular complexity index is 4360. The number of nitrogens with one attached hydrogen (secondary N) is 4. The van der Waals surface area contributed by atoms with Crippen molar-refractivity contribution in [3.63, 3.8) is 0 Å². The molecule has 2 saturated heterocycles. The van der Waals surface area contributed by atoms with Gasteiger partial charge >= 0.3 is 12.1 Å². The Hall–Kier alpha value is -8.98. The number of aliphatic hydroxyl groups is 3. The molecule has 3 aliphatic heterocycles. The zero-order valence-corrected chi connectivity index (χ0v) is 73.7. The Kier molecular flexibility index (Phi) is 40.1. The predicted octanol–water partition coefficient (Wildman–Crippen LogP) is 8.21. The number of esters is 1. The number of allylic oxidation sites excluding steroid dienone is 5. The molecule has 4 amide bonds. The lowest BCUT2D eigenvalue weighted by atomic mass is 9.77. The molecule has 1 aromatic carbocycles. The van der Waals surface area contributed by atoms with Gasteiger partial charge in [-0.25, -0.2) is 28.9 Å². The second kappa shape index (κ2) is 50.4. The SMILES string of the molecule is CCO[C@@H]1C[C@@H]([C@H](C)C[C@@H]2CC[C@H](n3cc(COC(=O)NCCOCCOCCOCCC(=O)NCCOCCOCCC(=O)NCCCCn4nc(-c5cc6cc(O)ccc6[nH]5)c5c(N)ncnc54)nn3)[C@H](OC)C2)OC(=O)[C@@H]2CCCCN2C(=O)C(=O)[C@]2(O)O[C@@H](CC[C@H]2C)C[C@H](OC)/C(C)=C/C=C/C=C/[C@@H](C)C[C@@H](C)C(=O)[C@H](O)[C@H](O)/C(C)=C/[C@H]1C. The highest BCUT2D eigenvalue weighted by Gasteiger charge is 2.53. The number of anilines is 1. The Morgan fingerprint density at radius 3 is 2.17 bits per heavy atom. The van der Waals surface area contributed by atoms with Crippen molar-refractivity contribution in [3.8, 4) is 17.1 Å². The number of H-pyrrole nitrogens is 1. The third kappa shape index (κ3) is 29.3. The summed E-state index contributed by atoms with van der Waals surface area (Å²) >= 11 is 0. The van der Waals surface area contributed by atoms with Crippen LogP contribution in [0.3, 0.4) is 0 Å². The molecule has 5 aromatic rings. The number of phenols is 1. The van der Waals surface area contributed by atoms with E-state index in [0.29, 0.717) is 138 Å². The molecule has 10 N–H and O–H groups in total. The quantitative estimate of drug-likeness (QED) is 0.00782. The van der Waals surface area contributed by atoms with E-state index >= 15 is 0 Å². The summed E-state index contributed by atoms with van der Waals surface area (Å²) in [6, 6.07) is 5.60. The summed E-state index contributed by atoms with van der Waals surface area (Å²) < 4.78 is 68.2. The van der Waals surface area contributed by atoms with Gasteiger partial charge in [0.05, 0.1) is 114 Å². The minimum atomic E-state index is -2.47. The summed E-state index contributed by atoms with van der Waals surface area (Å²) in [7, 11) is 3.21. The molecule has 35 heteroatoms. The van der Waals surface area contributed by atoms with Crippen LogP contribution in [0.2, 0.25) is 0 Å². The summed E-state index contributed by atoms with van der Waals surface area (Å²) in [5.41, 5.74) is 10.7. The molecular weight excluding hydrogens is 1600 g/mol. The number of ketones is 2. The van der Waals surface area contributed by atoms with Crippen LogP contribution in [0.15, 0.2) is 84.4 Å². The summed E-state index contributed by atoms with van der Waals surface area (Å²) in [5.74, 6) is -7.70. The number of unbranched alkanes of at least 4 members (excludes halogenated alkanes) is 1. The van der Waals surface area contributed by atoms with E-state index in [4.69, 9.17) is 62.9 Å². The monoisotopic (exact) mass is 1740 g/mol. The van der Waals surface area contributed by atoms with Gasteiger partial charge in [-0.15, -0.1) is 5.10 Å². The first-order chi connectivity index (χ1) is 59.7. The van der Waals surface area contributed by atoms with E-state index in [1.807, 2.05) is 71.1 Å². The lowest BCUT2D eigenvalue weighted by molar-refractivity contribution is -0.265. The molecule has 3 fully saturated rings. The molecule has 124 heavy (non-hydrogen) atoms. The number of phenolic OH excluding ortho intramolecular Hbond substituents is 1. The van der Waals surface area contributed by atoms with Gasteiger partial charge in [0.1, 0.15) is 60.2 Å². The maximum absolute atomic E-state index is 15.0. The largest absolute Gasteiger partial charge is 0.508 e. The van der Waals surface area contributed by atoms with Crippen LogP contribution in [-0.2, 0) is 94.0 Å². The van der Waals surface area contributed by atoms with Gasteiger partial charge in [0.25, 0.3) is 11.7 Å². The molecule has 7 heterocycles. The summed E-state index contributed by atoms with van der Waals surface area (Å²) in [4.78, 5) is 109. The number of nitrogen functional groups attached to an aromatic ring is 1. The van der Waals surface area contributed by atoms with E-state index in [1.54, 1.807) is 74.8 Å². The number of hydrogen-bond acceptors (Lipinski definition) is 28. The number of aromatic hydroxyl groups is 1. The van der Waals surface area contributed by atoms with Crippen LogP contribution < -0.4 is 21.7 Å². The van der Waals surface area contributed by atoms with E-state index in [1.165, 1.54) is 11.2 Å². The fraction of sp³-hybridized carbons (Fsp3) is 0.663. The molecule has 1 saturated carbocycles. The number of ether oxygens (including phenoxy) is 11. The zero-order valence-electron chi connectivity index (χ0n) is 73.7. The molecule has 4 aromatic heterocycles. The van der Waals surface area contributed by atoms with Crippen LogP contribution in [0.1, 0.15) is 170 Å². The lowest BCUT2D eigenvalue weighted by Gasteiger charge is -2.43. The van der Waals surface area contributed by atoms with Gasteiger partial charge in [-0.3, -0.25) is 24.0 Å². The average Bonchev–Trinajstić information content (AvgIpc) is 1.63. The molecule has 0 spiro atoms. The molecule has 4 aliphatic rings. The van der Waals surface area contributed by atoms with E-state index in [2.05, 4.69) is 41.2 Å². The average molecular weight is 1740 g/mol. The Morgan fingerprint density at radius 2 is 1.46 bits per heavy atom. The van der Waals surface area contributed by atoms with Crippen molar-refractivity contribution in [3.05, 3.63) is 90.1 Å². The Labute approximate surface area is 725 Å². The minimum Gasteiger partial charge on any atom is -0.508 e. The molecule has 0 unspecified atom stereocenters. The number of fused-ring (bicyclic) bond motifs is 5. The number of rotatable bonds is 37. The Balaban J connectivity index is 0.640. The van der Waals surface area contributed by atoms with Crippen molar-refractivity contribution in [1.29, 1.82) is 0 Å². The van der Waals surface area contributed by atoms with Crippen LogP contribution in [0.25, 0.3) is 33.3 Å². The number of amides is 4. The number of alkyl carbamates (subject to hydrolysis) is 1. The Morgan fingerprint density at radius 1 is 0.758 bits per heavy atom. The number of aryl methyl sites for hydroxylation is 1. The van der Waals surface area contributed by atoms with Crippen molar-refractivity contribution < 1.29 is 106 Å². The first-order valence-electron chi connectivity index (χ1n) is 44.0. The molecule has 35 nitrogen and oxygen atoms in total. The maximum atomic E-state index is 15.0. The van der Waals surface area contributed by atoms with Crippen molar-refractivity contribution in [2.45, 2.75) is 232 Å². The van der Waals surface area contributed by atoms with Gasteiger partial charge < -0.3 is 104 Å². The highest BCUT2D eigenvalue weighted by atomic mass is 16.6. The van der Waals surface area contributed by atoms with Gasteiger partial charge in [-0.2, -0.15) is 5.10 Å². The number of aromatic nitrogens is 8. The van der Waals surface area contributed by atoms with Crippen molar-refractivity contribution in [2.75, 3.05) is 119 Å². The summed E-state index contributed by atoms with van der Waals surface area (Å²) in [6.07, 6.45) is 15.1. The van der Waals surface area contributed by atoms with E-state index in [9.17, 15) is 54.0 Å². The number of methoxy groups -OCH3 is 2. The number of piperidine rings is 1. The van der Waals surface area contributed by atoms with Gasteiger partial charge in [0.2, 0.25) is 17.6 Å². The fourth-order valence-corrected chi connectivity index (χ4v) is 16.6. The molecule has 2 bridgehead atoms. The van der Waals surface area contributed by atoms with Crippen LogP contribution in [-0.4, -0.2) is 274 Å². The van der Waals surface area contributed by atoms with E-state index in [0.717, 1.165) is 35.0 Å². The van der Waals surface area contributed by atoms with E-state index < -0.39 is 95.7 Å². The number of Topliss-reactive ketones (excluding diaryl/α,β-unsaturated/α-hetero) is 2. The minimum absolute atomic E-state index is 0.0504. The van der Waals surface area contributed by atoms with Crippen LogP contribution in [0.4, 0.5) is 10.6 Å². The third-order valence-corrected chi connectivity index (χ3v) is 23.7. The summed E-state index contributed by atoms with van der Waals surface area (Å²) in [5, 5.41) is 68.4. The van der Waals surface area contributed by atoms with Gasteiger partial charge in [0.15, 0.2) is 11.4 Å². The number of aromatic amines is 1. The van der Waals surface area contributed by atoms with Crippen LogP contribution in [0, 0.1) is 35.5 Å². The number of carbonyl (C=O) groups excluding carboxylic acids is 7. The highest BCUT2D eigenvalue weighted by molar-refractivity contribution is 6.39. The molecule has 0 radical (unpaired) electrons. The van der Waals surface area contributed by atoms with Gasteiger partial charge in [-0.1, -0.05) is 76.3 Å². The first kappa shape index (κ1) is 98.8. The molecule has 9 rings (SSSR count). The smallest absolute Gasteiger partial charge is 0.407 e. The normalized spacial score (nSPS) is 27.3. The second-order valence-electron chi connectivity index (χ2n) is 33.2. The number of hydrogen-bond donors (Lipinski definition) is 9. The highest BCUT2D eigenvalue weighted by Crippen LogP contribution is 2.41. The van der Waals surface area contributed by atoms with Crippen molar-refractivity contribution >= 4 is 69.1 Å². The molecule has 1 aliphatic carbocycles. The maximum Gasteiger partial charge on any atom is 0.407 e.